The lowest BCUT2D eigenvalue weighted by Gasteiger charge is -2.11. The number of aromatic nitrogens is 5. The molecule has 0 amide bonds. The van der Waals surface area contributed by atoms with Crippen LogP contribution in [0.2, 0.25) is 0 Å². The highest BCUT2D eigenvalue weighted by Gasteiger charge is 2.08. The van der Waals surface area contributed by atoms with Crippen LogP contribution in [0.1, 0.15) is 19.8 Å². The minimum Gasteiger partial charge on any atom is -0.384 e. The first-order chi connectivity index (χ1) is 8.79. The second-order valence-electron chi connectivity index (χ2n) is 4.25. The zero-order chi connectivity index (χ0) is 12.5. The Balaban J connectivity index is 2.19. The second kappa shape index (κ2) is 4.21. The SMILES string of the molecule is CCCCn1cnc2nc3ncnc3cc2c1N. The molecule has 0 aromatic carbocycles. The van der Waals surface area contributed by atoms with E-state index >= 15 is 0 Å². The van der Waals surface area contributed by atoms with Gasteiger partial charge in [0, 0.05) is 6.54 Å². The average molecular weight is 242 g/mol. The Labute approximate surface area is 104 Å². The van der Waals surface area contributed by atoms with E-state index in [2.05, 4.69) is 26.9 Å². The number of anilines is 1. The quantitative estimate of drug-likeness (QED) is 0.756. The number of imidazole rings is 1. The van der Waals surface area contributed by atoms with Gasteiger partial charge in [-0.2, -0.15) is 0 Å². The molecule has 3 aromatic rings. The van der Waals surface area contributed by atoms with Crippen LogP contribution in [0.4, 0.5) is 5.82 Å². The maximum Gasteiger partial charge on any atom is 0.181 e. The summed E-state index contributed by atoms with van der Waals surface area (Å²) in [6.07, 6.45) is 5.43. The van der Waals surface area contributed by atoms with Gasteiger partial charge >= 0.3 is 0 Å². The number of pyridine rings is 1. The first-order valence-electron chi connectivity index (χ1n) is 6.01. The zero-order valence-electron chi connectivity index (χ0n) is 10.2. The molecule has 18 heavy (non-hydrogen) atoms. The van der Waals surface area contributed by atoms with Crippen LogP contribution in [-0.4, -0.2) is 24.5 Å². The molecule has 3 rings (SSSR count). The van der Waals surface area contributed by atoms with E-state index in [1.54, 1.807) is 6.33 Å². The van der Waals surface area contributed by atoms with Gasteiger partial charge in [-0.05, 0) is 12.5 Å². The van der Waals surface area contributed by atoms with Gasteiger partial charge in [0.05, 0.1) is 11.7 Å². The lowest BCUT2D eigenvalue weighted by molar-refractivity contribution is 0.630. The van der Waals surface area contributed by atoms with Crippen molar-refractivity contribution in [1.82, 2.24) is 24.5 Å². The summed E-state index contributed by atoms with van der Waals surface area (Å²) in [7, 11) is 0. The van der Waals surface area contributed by atoms with E-state index in [-0.39, 0.29) is 0 Å². The molecule has 0 bridgehead atoms. The highest BCUT2D eigenvalue weighted by molar-refractivity contribution is 5.93. The van der Waals surface area contributed by atoms with E-state index in [1.165, 1.54) is 6.33 Å². The molecule has 0 fully saturated rings. The van der Waals surface area contributed by atoms with Gasteiger partial charge in [-0.1, -0.05) is 13.3 Å². The van der Waals surface area contributed by atoms with Gasteiger partial charge in [0.2, 0.25) is 0 Å². The van der Waals surface area contributed by atoms with Gasteiger partial charge in [0.1, 0.15) is 17.7 Å². The molecular weight excluding hydrogens is 228 g/mol. The van der Waals surface area contributed by atoms with E-state index in [4.69, 9.17) is 5.73 Å². The Morgan fingerprint density at radius 2 is 2.11 bits per heavy atom. The first kappa shape index (κ1) is 10.9. The summed E-state index contributed by atoms with van der Waals surface area (Å²) in [5, 5.41) is 0.835. The van der Waals surface area contributed by atoms with Gasteiger partial charge in [0.15, 0.2) is 11.3 Å². The maximum atomic E-state index is 6.15. The summed E-state index contributed by atoms with van der Waals surface area (Å²) in [4.78, 5) is 16.9. The first-order valence-corrected chi connectivity index (χ1v) is 6.01. The highest BCUT2D eigenvalue weighted by atomic mass is 15.1. The van der Waals surface area contributed by atoms with Crippen molar-refractivity contribution in [3.63, 3.8) is 0 Å². The molecular formula is C12H14N6. The summed E-state index contributed by atoms with van der Waals surface area (Å²) < 4.78 is 1.95. The lowest BCUT2D eigenvalue weighted by atomic mass is 10.3. The van der Waals surface area contributed by atoms with E-state index < -0.39 is 0 Å². The summed E-state index contributed by atoms with van der Waals surface area (Å²) in [5.41, 5.74) is 8.14. The topological polar surface area (TPSA) is 82.5 Å². The van der Waals surface area contributed by atoms with Crippen molar-refractivity contribution in [3.05, 3.63) is 18.7 Å². The Morgan fingerprint density at radius 3 is 2.94 bits per heavy atom. The molecule has 92 valence electrons. The van der Waals surface area contributed by atoms with E-state index in [0.29, 0.717) is 17.1 Å². The van der Waals surface area contributed by atoms with Crippen LogP contribution in [0.3, 0.4) is 0 Å². The summed E-state index contributed by atoms with van der Waals surface area (Å²) in [5.74, 6) is 0.686. The van der Waals surface area contributed by atoms with Crippen LogP contribution < -0.4 is 5.73 Å². The normalized spacial score (nSPS) is 11.4. The van der Waals surface area contributed by atoms with Crippen LogP contribution in [-0.2, 0) is 6.54 Å². The van der Waals surface area contributed by atoms with Crippen molar-refractivity contribution in [2.75, 3.05) is 5.73 Å². The molecule has 0 aliphatic heterocycles. The molecule has 3 heterocycles. The molecule has 0 atom stereocenters. The Bertz CT molecular complexity index is 702. The van der Waals surface area contributed by atoms with Crippen molar-refractivity contribution < 1.29 is 0 Å². The third-order valence-corrected chi connectivity index (χ3v) is 3.00. The maximum absolute atomic E-state index is 6.15. The van der Waals surface area contributed by atoms with Crippen molar-refractivity contribution in [2.45, 2.75) is 26.3 Å². The number of rotatable bonds is 3. The van der Waals surface area contributed by atoms with Crippen molar-refractivity contribution in [3.8, 4) is 0 Å². The fourth-order valence-electron chi connectivity index (χ4n) is 1.95. The predicted octanol–water partition coefficient (Wildman–Crippen LogP) is 1.76. The number of aryl methyl sites for hydroxylation is 1. The number of nitrogens with zero attached hydrogens (tertiary/aromatic N) is 5. The predicted molar refractivity (Wildman–Crippen MR) is 69.9 cm³/mol. The Kier molecular flexibility index (Phi) is 2.55. The van der Waals surface area contributed by atoms with Crippen molar-refractivity contribution in [2.24, 2.45) is 0 Å². The van der Waals surface area contributed by atoms with Crippen LogP contribution in [0.25, 0.3) is 22.2 Å². The summed E-state index contributed by atoms with van der Waals surface area (Å²) >= 11 is 0. The Hall–Kier alpha value is -2.24. The lowest BCUT2D eigenvalue weighted by Crippen LogP contribution is -2.08. The molecule has 6 heteroatoms. The summed E-state index contributed by atoms with van der Waals surface area (Å²) in [6.45, 7) is 3.02. The van der Waals surface area contributed by atoms with Crippen molar-refractivity contribution >= 4 is 28.0 Å². The second-order valence-corrected chi connectivity index (χ2v) is 4.25. The fraction of sp³-hybridized carbons (Fsp3) is 0.333. The molecule has 0 aliphatic rings. The van der Waals surface area contributed by atoms with E-state index in [1.807, 2.05) is 10.6 Å². The molecule has 0 aliphatic carbocycles. The molecule has 3 aromatic heterocycles. The molecule has 2 N–H and O–H groups in total. The monoisotopic (exact) mass is 242 g/mol. The van der Waals surface area contributed by atoms with Crippen LogP contribution in [0, 0.1) is 0 Å². The van der Waals surface area contributed by atoms with Crippen LogP contribution in [0.5, 0.6) is 0 Å². The Morgan fingerprint density at radius 1 is 1.22 bits per heavy atom. The molecule has 0 radical (unpaired) electrons. The number of hydrogen-bond acceptors (Lipinski definition) is 5. The third-order valence-electron chi connectivity index (χ3n) is 3.00. The number of nitrogens with two attached hydrogens (primary N) is 1. The van der Waals surface area contributed by atoms with Gasteiger partial charge in [-0.15, -0.1) is 0 Å². The summed E-state index contributed by atoms with van der Waals surface area (Å²) in [6, 6.07) is 1.90. The standard InChI is InChI=1S/C12H14N6/c1-2-3-4-18-7-16-11-8(10(18)13)5-9-12(17-11)15-6-14-9/h5-7H,2-4,13H2,1H3. The minimum absolute atomic E-state index is 0.612. The van der Waals surface area contributed by atoms with Gasteiger partial charge < -0.3 is 10.3 Å². The molecule has 0 spiro atoms. The largest absolute Gasteiger partial charge is 0.384 e. The zero-order valence-corrected chi connectivity index (χ0v) is 10.2. The number of hydrogen-bond donors (Lipinski definition) is 1. The van der Waals surface area contributed by atoms with E-state index in [0.717, 1.165) is 30.3 Å². The van der Waals surface area contributed by atoms with Crippen molar-refractivity contribution in [1.29, 1.82) is 0 Å². The fourth-order valence-corrected chi connectivity index (χ4v) is 1.95. The molecule has 6 nitrogen and oxygen atoms in total. The van der Waals surface area contributed by atoms with E-state index in [9.17, 15) is 0 Å². The number of fused-ring (bicyclic) bond motifs is 2. The molecule has 0 unspecified atom stereocenters. The molecule has 0 saturated carbocycles. The number of unbranched alkanes of at least 4 members (excludes halogenated alkanes) is 1. The van der Waals surface area contributed by atoms with Crippen LogP contribution in [0.15, 0.2) is 18.7 Å². The third kappa shape index (κ3) is 1.66. The van der Waals surface area contributed by atoms with Gasteiger partial charge in [-0.3, -0.25) is 0 Å². The highest BCUT2D eigenvalue weighted by Crippen LogP contribution is 2.21. The van der Waals surface area contributed by atoms with Gasteiger partial charge in [0.25, 0.3) is 0 Å². The number of nitrogen functional groups attached to an aromatic ring is 1. The van der Waals surface area contributed by atoms with Gasteiger partial charge in [-0.25, -0.2) is 19.9 Å². The minimum atomic E-state index is 0.612. The van der Waals surface area contributed by atoms with Crippen LogP contribution >= 0.6 is 0 Å². The molecule has 0 saturated heterocycles. The average Bonchev–Trinajstić information content (AvgIpc) is 2.83. The smallest absolute Gasteiger partial charge is 0.181 e.